The number of benzene rings is 2. The van der Waals surface area contributed by atoms with Crippen LogP contribution >= 0.6 is 0 Å². The average molecular weight is 377 g/mol. The Kier molecular flexibility index (Phi) is 4.43. The number of aryl methyl sites for hydroxylation is 2. The van der Waals surface area contributed by atoms with E-state index in [9.17, 15) is 19.2 Å². The average Bonchev–Trinajstić information content (AvgIpc) is 2.90. The zero-order chi connectivity index (χ0) is 19.8. The van der Waals surface area contributed by atoms with Gasteiger partial charge in [0.15, 0.2) is 0 Å². The molecule has 0 spiro atoms. The van der Waals surface area contributed by atoms with Gasteiger partial charge in [0.25, 0.3) is 11.8 Å². The van der Waals surface area contributed by atoms with Crippen LogP contribution in [-0.4, -0.2) is 35.1 Å². The van der Waals surface area contributed by atoms with Crippen molar-refractivity contribution < 1.29 is 19.2 Å². The topological polar surface area (TPSA) is 95.6 Å². The molecule has 0 unspecified atom stereocenters. The molecule has 0 fully saturated rings. The summed E-state index contributed by atoms with van der Waals surface area (Å²) in [5.74, 6) is -1.02. The van der Waals surface area contributed by atoms with Crippen LogP contribution in [0.25, 0.3) is 0 Å². The van der Waals surface area contributed by atoms with E-state index in [0.717, 1.165) is 21.7 Å². The quantitative estimate of drug-likeness (QED) is 0.801. The molecule has 2 aliphatic rings. The summed E-state index contributed by atoms with van der Waals surface area (Å²) in [6.45, 7) is 1.89. The largest absolute Gasteiger partial charge is 0.326 e. The second-order valence-electron chi connectivity index (χ2n) is 7.03. The third kappa shape index (κ3) is 3.26. The van der Waals surface area contributed by atoms with Crippen LogP contribution in [0.15, 0.2) is 36.4 Å². The molecule has 142 valence electrons. The van der Waals surface area contributed by atoms with Crippen molar-refractivity contribution in [1.29, 1.82) is 0 Å². The van der Waals surface area contributed by atoms with Gasteiger partial charge >= 0.3 is 0 Å². The van der Waals surface area contributed by atoms with Crippen LogP contribution in [0.5, 0.6) is 0 Å². The number of hydrogen-bond donors (Lipinski definition) is 2. The van der Waals surface area contributed by atoms with Crippen molar-refractivity contribution in [2.24, 2.45) is 0 Å². The van der Waals surface area contributed by atoms with E-state index in [1.807, 2.05) is 13.0 Å². The SMILES string of the molecule is Cc1ccc2c(c1)C(=O)N(CCC(=O)Nc1ccc3c(c1)CCC(=O)N3)C2=O. The number of anilines is 2. The lowest BCUT2D eigenvalue weighted by Gasteiger charge is -2.18. The molecule has 7 nitrogen and oxygen atoms in total. The fraction of sp³-hybridized carbons (Fsp3) is 0.238. The molecule has 2 N–H and O–H groups in total. The molecule has 0 bridgehead atoms. The molecule has 0 saturated carbocycles. The van der Waals surface area contributed by atoms with Crippen LogP contribution in [0.4, 0.5) is 11.4 Å². The van der Waals surface area contributed by atoms with Gasteiger partial charge in [-0.05, 0) is 49.2 Å². The van der Waals surface area contributed by atoms with Crippen LogP contribution < -0.4 is 10.6 Å². The Morgan fingerprint density at radius 3 is 2.64 bits per heavy atom. The van der Waals surface area contributed by atoms with Crippen LogP contribution in [0, 0.1) is 6.92 Å². The standard InChI is InChI=1S/C21H19N3O4/c1-12-2-5-15-16(10-12)21(28)24(20(15)27)9-8-19(26)22-14-4-6-17-13(11-14)3-7-18(25)23-17/h2,4-6,10-11H,3,7-9H2,1H3,(H,22,26)(H,23,25). The molecule has 0 aromatic heterocycles. The van der Waals surface area contributed by atoms with Crippen molar-refractivity contribution in [3.05, 3.63) is 58.7 Å². The van der Waals surface area contributed by atoms with Gasteiger partial charge in [0.1, 0.15) is 0 Å². The summed E-state index contributed by atoms with van der Waals surface area (Å²) in [7, 11) is 0. The molecule has 4 rings (SSSR count). The lowest BCUT2D eigenvalue weighted by molar-refractivity contribution is -0.117. The Hall–Kier alpha value is -3.48. The Balaban J connectivity index is 1.38. The highest BCUT2D eigenvalue weighted by Crippen LogP contribution is 2.26. The molecular weight excluding hydrogens is 358 g/mol. The number of carbonyl (C=O) groups excluding carboxylic acids is 4. The van der Waals surface area contributed by atoms with E-state index in [4.69, 9.17) is 0 Å². The van der Waals surface area contributed by atoms with Crippen molar-refractivity contribution in [2.45, 2.75) is 26.2 Å². The molecule has 0 saturated heterocycles. The van der Waals surface area contributed by atoms with Crippen molar-refractivity contribution in [2.75, 3.05) is 17.2 Å². The molecule has 2 aromatic carbocycles. The number of imide groups is 1. The fourth-order valence-electron chi connectivity index (χ4n) is 3.51. The van der Waals surface area contributed by atoms with Crippen LogP contribution in [0.1, 0.15) is 44.7 Å². The first-order chi connectivity index (χ1) is 13.4. The fourth-order valence-corrected chi connectivity index (χ4v) is 3.51. The van der Waals surface area contributed by atoms with Gasteiger partial charge in [-0.3, -0.25) is 24.1 Å². The minimum absolute atomic E-state index is 0.0122. The number of rotatable bonds is 4. The molecule has 7 heteroatoms. The highest BCUT2D eigenvalue weighted by atomic mass is 16.2. The van der Waals surface area contributed by atoms with Gasteiger partial charge in [0, 0.05) is 30.8 Å². The summed E-state index contributed by atoms with van der Waals surface area (Å²) in [5, 5.41) is 5.58. The van der Waals surface area contributed by atoms with E-state index < -0.39 is 0 Å². The minimum Gasteiger partial charge on any atom is -0.326 e. The molecular formula is C21H19N3O4. The molecule has 28 heavy (non-hydrogen) atoms. The van der Waals surface area contributed by atoms with Gasteiger partial charge in [-0.25, -0.2) is 0 Å². The summed E-state index contributed by atoms with van der Waals surface area (Å²) in [6.07, 6.45) is 1.06. The number of hydrogen-bond acceptors (Lipinski definition) is 4. The van der Waals surface area contributed by atoms with Crippen LogP contribution in [-0.2, 0) is 16.0 Å². The molecule has 0 radical (unpaired) electrons. The first-order valence-corrected chi connectivity index (χ1v) is 9.12. The predicted molar refractivity (Wildman–Crippen MR) is 103 cm³/mol. The number of amides is 4. The zero-order valence-corrected chi connectivity index (χ0v) is 15.4. The van der Waals surface area contributed by atoms with Gasteiger partial charge in [-0.15, -0.1) is 0 Å². The Labute approximate surface area is 161 Å². The number of fused-ring (bicyclic) bond motifs is 2. The van der Waals surface area contributed by atoms with Gasteiger partial charge in [-0.2, -0.15) is 0 Å². The summed E-state index contributed by atoms with van der Waals surface area (Å²) < 4.78 is 0. The third-order valence-corrected chi connectivity index (χ3v) is 4.97. The number of nitrogens with zero attached hydrogens (tertiary/aromatic N) is 1. The summed E-state index contributed by atoms with van der Waals surface area (Å²) in [4.78, 5) is 49.7. The Morgan fingerprint density at radius 1 is 1.04 bits per heavy atom. The van der Waals surface area contributed by atoms with E-state index >= 15 is 0 Å². The Bertz CT molecular complexity index is 1030. The maximum Gasteiger partial charge on any atom is 0.261 e. The molecule has 2 heterocycles. The van der Waals surface area contributed by atoms with Crippen molar-refractivity contribution in [3.63, 3.8) is 0 Å². The van der Waals surface area contributed by atoms with E-state index in [1.165, 1.54) is 0 Å². The second kappa shape index (κ2) is 6.92. The van der Waals surface area contributed by atoms with Crippen molar-refractivity contribution >= 4 is 35.0 Å². The lowest BCUT2D eigenvalue weighted by atomic mass is 10.0. The maximum absolute atomic E-state index is 12.5. The smallest absolute Gasteiger partial charge is 0.261 e. The lowest BCUT2D eigenvalue weighted by Crippen LogP contribution is -2.32. The van der Waals surface area contributed by atoms with Crippen molar-refractivity contribution in [1.82, 2.24) is 4.90 Å². The Morgan fingerprint density at radius 2 is 1.82 bits per heavy atom. The minimum atomic E-state index is -0.364. The number of nitrogens with one attached hydrogen (secondary N) is 2. The normalized spacial score (nSPS) is 15.2. The molecule has 0 aliphatic carbocycles. The van der Waals surface area contributed by atoms with E-state index in [1.54, 1.807) is 30.3 Å². The van der Waals surface area contributed by atoms with Gasteiger partial charge < -0.3 is 10.6 Å². The van der Waals surface area contributed by atoms with Crippen LogP contribution in [0.3, 0.4) is 0 Å². The molecule has 2 aromatic rings. The number of carbonyl (C=O) groups is 4. The molecule has 2 aliphatic heterocycles. The van der Waals surface area contributed by atoms with Crippen LogP contribution in [0.2, 0.25) is 0 Å². The first kappa shape index (κ1) is 17.9. The highest BCUT2D eigenvalue weighted by Gasteiger charge is 2.35. The maximum atomic E-state index is 12.5. The first-order valence-electron chi connectivity index (χ1n) is 9.12. The molecule has 0 atom stereocenters. The monoisotopic (exact) mass is 377 g/mol. The van der Waals surface area contributed by atoms with E-state index in [0.29, 0.717) is 29.7 Å². The van der Waals surface area contributed by atoms with Gasteiger partial charge in [0.2, 0.25) is 11.8 Å². The van der Waals surface area contributed by atoms with E-state index in [2.05, 4.69) is 10.6 Å². The summed E-state index contributed by atoms with van der Waals surface area (Å²) in [6, 6.07) is 10.4. The second-order valence-corrected chi connectivity index (χ2v) is 7.03. The van der Waals surface area contributed by atoms with Crippen molar-refractivity contribution in [3.8, 4) is 0 Å². The van der Waals surface area contributed by atoms with Gasteiger partial charge in [0.05, 0.1) is 11.1 Å². The zero-order valence-electron chi connectivity index (χ0n) is 15.4. The summed E-state index contributed by atoms with van der Waals surface area (Å²) >= 11 is 0. The highest BCUT2D eigenvalue weighted by molar-refractivity contribution is 6.21. The van der Waals surface area contributed by atoms with Gasteiger partial charge in [-0.1, -0.05) is 11.6 Å². The third-order valence-electron chi connectivity index (χ3n) is 4.97. The molecule has 4 amide bonds. The predicted octanol–water partition coefficient (Wildman–Crippen LogP) is 2.50. The van der Waals surface area contributed by atoms with E-state index in [-0.39, 0.29) is 36.6 Å². The summed E-state index contributed by atoms with van der Waals surface area (Å²) in [5.41, 5.74) is 4.03.